The van der Waals surface area contributed by atoms with Gasteiger partial charge in [0, 0.05) is 48.7 Å². The van der Waals surface area contributed by atoms with Crippen molar-refractivity contribution >= 4 is 33.5 Å². The fourth-order valence-electron chi connectivity index (χ4n) is 6.61. The number of anilines is 3. The lowest BCUT2D eigenvalue weighted by atomic mass is 10.0. The Balaban J connectivity index is 1.24. The van der Waals surface area contributed by atoms with Crippen LogP contribution in [0.1, 0.15) is 30.9 Å². The minimum absolute atomic E-state index is 0.121. The van der Waals surface area contributed by atoms with Gasteiger partial charge in [0.2, 0.25) is 0 Å². The van der Waals surface area contributed by atoms with E-state index in [4.69, 9.17) is 0 Å². The zero-order valence-corrected chi connectivity index (χ0v) is 25.5. The van der Waals surface area contributed by atoms with E-state index in [1.54, 1.807) is 37.3 Å². The summed E-state index contributed by atoms with van der Waals surface area (Å²) in [5.41, 5.74) is 2.93. The number of fused-ring (bicyclic) bond motifs is 3. The summed E-state index contributed by atoms with van der Waals surface area (Å²) in [4.78, 5) is 33.7. The van der Waals surface area contributed by atoms with Crippen LogP contribution in [0, 0.1) is 5.82 Å². The van der Waals surface area contributed by atoms with Crippen LogP contribution >= 0.6 is 0 Å². The highest BCUT2D eigenvalue weighted by Gasteiger charge is 2.36. The van der Waals surface area contributed by atoms with Crippen molar-refractivity contribution in [3.8, 4) is 16.9 Å². The molecule has 12 heteroatoms. The van der Waals surface area contributed by atoms with Crippen LogP contribution in [0.15, 0.2) is 77.1 Å². The molecule has 11 nitrogen and oxygen atoms in total. The molecule has 2 atom stereocenters. The number of hydrogen-bond donors (Lipinski definition) is 3. The highest BCUT2D eigenvalue weighted by atomic mass is 19.1. The molecule has 2 bridgehead atoms. The van der Waals surface area contributed by atoms with Crippen LogP contribution in [-0.4, -0.2) is 54.8 Å². The van der Waals surface area contributed by atoms with Gasteiger partial charge in [0.1, 0.15) is 17.3 Å². The van der Waals surface area contributed by atoms with Gasteiger partial charge in [0.15, 0.2) is 0 Å². The maximum Gasteiger partial charge on any atom is 0.290 e. The van der Waals surface area contributed by atoms with Gasteiger partial charge in [-0.2, -0.15) is 14.9 Å². The van der Waals surface area contributed by atoms with E-state index in [1.807, 2.05) is 18.3 Å². The van der Waals surface area contributed by atoms with Crippen LogP contribution in [-0.2, 0) is 13.7 Å². The topological polar surface area (TPSA) is 130 Å². The smallest absolute Gasteiger partial charge is 0.290 e. The van der Waals surface area contributed by atoms with Crippen LogP contribution in [0.5, 0.6) is 0 Å². The van der Waals surface area contributed by atoms with Gasteiger partial charge in [-0.05, 0) is 61.7 Å². The highest BCUT2D eigenvalue weighted by Crippen LogP contribution is 2.33. The first kappa shape index (κ1) is 29.5. The first-order valence-corrected chi connectivity index (χ1v) is 15.1. The van der Waals surface area contributed by atoms with Gasteiger partial charge >= 0.3 is 0 Å². The van der Waals surface area contributed by atoms with Crippen molar-refractivity contribution in [2.45, 2.75) is 38.5 Å². The molecule has 0 amide bonds. The van der Waals surface area contributed by atoms with E-state index in [1.165, 1.54) is 24.0 Å². The van der Waals surface area contributed by atoms with Crippen molar-refractivity contribution < 1.29 is 9.50 Å². The molecule has 7 rings (SSSR count). The Bertz CT molecular complexity index is 2110. The molecule has 5 aromatic rings. The van der Waals surface area contributed by atoms with Crippen LogP contribution < -0.4 is 26.7 Å². The summed E-state index contributed by atoms with van der Waals surface area (Å²) in [6, 6.07) is 14.4. The van der Waals surface area contributed by atoms with Gasteiger partial charge in [-0.3, -0.25) is 9.59 Å². The van der Waals surface area contributed by atoms with E-state index in [0.717, 1.165) is 36.3 Å². The lowest BCUT2D eigenvalue weighted by Crippen LogP contribution is -2.52. The Morgan fingerprint density at radius 1 is 1.09 bits per heavy atom. The molecule has 2 aliphatic rings. The van der Waals surface area contributed by atoms with E-state index >= 15 is 4.39 Å². The number of nitrogens with zero attached hydrogens (tertiary/aromatic N) is 6. The zero-order valence-electron chi connectivity index (χ0n) is 25.5. The lowest BCUT2D eigenvalue weighted by Gasteiger charge is -2.37. The number of aliphatic hydroxyl groups excluding tert-OH is 1. The number of piperazine rings is 1. The SMILES string of the molecule is C=C(C)c1cc(F)c2c(=O)n(-c3cccc(-c4cc(Nc5ccc(N6[C@@H]7CC[C@H]6CNC7)cn5)c(=O)n(C)n4)c3CO)ncc2c1. The largest absolute Gasteiger partial charge is 0.392 e. The van der Waals surface area contributed by atoms with Crippen LogP contribution in [0.2, 0.25) is 0 Å². The minimum atomic E-state index is -0.685. The number of halogens is 1. The van der Waals surface area contributed by atoms with Gasteiger partial charge in [-0.25, -0.2) is 14.1 Å². The fraction of sp³-hybridized carbons (Fsp3) is 0.265. The van der Waals surface area contributed by atoms with Gasteiger partial charge < -0.3 is 20.6 Å². The third kappa shape index (κ3) is 5.05. The van der Waals surface area contributed by atoms with E-state index in [9.17, 15) is 14.7 Å². The summed E-state index contributed by atoms with van der Waals surface area (Å²) in [6.07, 6.45) is 5.56. The standard InChI is InChI=1S/C34H33FN8O3/c1-19(2)20-11-21-14-38-43(34(46)32(21)27(35)12-20)30-6-4-5-25(26(30)18-44)28-13-29(33(45)41(3)40-28)39-31-10-9-24(17-37-31)42-22-7-8-23(42)16-36-15-22/h4-6,9-14,17,22-23,36,44H,1,7-8,15-16,18H2,2-3H3,(H,37,39)/t22-,23+. The average Bonchev–Trinajstić information content (AvgIpc) is 3.30. The molecule has 3 N–H and O–H groups in total. The van der Waals surface area contributed by atoms with Gasteiger partial charge in [-0.1, -0.05) is 24.3 Å². The van der Waals surface area contributed by atoms with Gasteiger partial charge in [-0.15, -0.1) is 0 Å². The number of nitrogens with one attached hydrogen (secondary N) is 2. The predicted molar refractivity (Wildman–Crippen MR) is 176 cm³/mol. The van der Waals surface area contributed by atoms with Crippen molar-refractivity contribution in [1.29, 1.82) is 0 Å². The molecule has 2 fully saturated rings. The quantitative estimate of drug-likeness (QED) is 0.248. The van der Waals surface area contributed by atoms with Crippen molar-refractivity contribution in [2.24, 2.45) is 7.05 Å². The number of rotatable bonds is 7. The molecular weight excluding hydrogens is 587 g/mol. The first-order chi connectivity index (χ1) is 22.2. The molecule has 234 valence electrons. The molecule has 2 aromatic carbocycles. The summed E-state index contributed by atoms with van der Waals surface area (Å²) in [7, 11) is 1.54. The lowest BCUT2D eigenvalue weighted by molar-refractivity contribution is 0.281. The van der Waals surface area contributed by atoms with E-state index in [-0.39, 0.29) is 22.3 Å². The average molecular weight is 621 g/mol. The molecule has 0 aliphatic carbocycles. The molecule has 0 unspecified atom stereocenters. The van der Waals surface area contributed by atoms with Crippen molar-refractivity contribution in [3.63, 3.8) is 0 Å². The van der Waals surface area contributed by atoms with E-state index in [0.29, 0.717) is 51.2 Å². The number of allylic oxidation sites excluding steroid dienone is 1. The molecular formula is C34H33FN8O3. The number of aromatic nitrogens is 5. The van der Waals surface area contributed by atoms with Crippen molar-refractivity contribution in [1.82, 2.24) is 29.9 Å². The Hall–Kier alpha value is -5.20. The second-order valence-electron chi connectivity index (χ2n) is 11.9. The van der Waals surface area contributed by atoms with E-state index in [2.05, 4.69) is 37.3 Å². The molecule has 46 heavy (non-hydrogen) atoms. The molecule has 5 heterocycles. The zero-order chi connectivity index (χ0) is 32.1. The third-order valence-electron chi connectivity index (χ3n) is 8.90. The Morgan fingerprint density at radius 2 is 1.87 bits per heavy atom. The summed E-state index contributed by atoms with van der Waals surface area (Å²) >= 11 is 0. The molecule has 0 saturated carbocycles. The third-order valence-corrected chi connectivity index (χ3v) is 8.90. The Labute approximate surface area is 263 Å². The minimum Gasteiger partial charge on any atom is -0.392 e. The number of aryl methyl sites for hydroxylation is 1. The highest BCUT2D eigenvalue weighted by molar-refractivity contribution is 5.85. The summed E-state index contributed by atoms with van der Waals surface area (Å²) < 4.78 is 17.4. The maximum atomic E-state index is 15.2. The number of pyridine rings is 1. The number of benzene rings is 2. The molecule has 0 radical (unpaired) electrons. The fourth-order valence-corrected chi connectivity index (χ4v) is 6.61. The molecule has 2 saturated heterocycles. The predicted octanol–water partition coefficient (Wildman–Crippen LogP) is 3.89. The van der Waals surface area contributed by atoms with Gasteiger partial charge in [0.25, 0.3) is 11.1 Å². The van der Waals surface area contributed by atoms with Crippen LogP contribution in [0.25, 0.3) is 33.3 Å². The monoisotopic (exact) mass is 620 g/mol. The molecule has 0 spiro atoms. The first-order valence-electron chi connectivity index (χ1n) is 15.1. The van der Waals surface area contributed by atoms with Crippen LogP contribution in [0.3, 0.4) is 0 Å². The normalized spacial score (nSPS) is 17.4. The summed E-state index contributed by atoms with van der Waals surface area (Å²) in [6.45, 7) is 7.06. The second-order valence-corrected chi connectivity index (χ2v) is 11.9. The second kappa shape index (κ2) is 11.6. The van der Waals surface area contributed by atoms with Crippen molar-refractivity contribution in [3.05, 3.63) is 105 Å². The summed E-state index contributed by atoms with van der Waals surface area (Å²) in [5, 5.41) is 26.1. The molecule has 2 aliphatic heterocycles. The molecule has 3 aromatic heterocycles. The van der Waals surface area contributed by atoms with Crippen molar-refractivity contribution in [2.75, 3.05) is 23.3 Å². The van der Waals surface area contributed by atoms with Crippen LogP contribution in [0.4, 0.5) is 21.6 Å². The Morgan fingerprint density at radius 3 is 2.57 bits per heavy atom. The Kier molecular flexibility index (Phi) is 7.46. The maximum absolute atomic E-state index is 15.2. The van der Waals surface area contributed by atoms with Gasteiger partial charge in [0.05, 0.1) is 41.5 Å². The van der Waals surface area contributed by atoms with E-state index < -0.39 is 18.0 Å². The number of aliphatic hydroxyl groups is 1. The number of hydrogen-bond acceptors (Lipinski definition) is 9. The summed E-state index contributed by atoms with van der Waals surface area (Å²) in [5.74, 6) is -0.184.